The van der Waals surface area contributed by atoms with E-state index in [1.54, 1.807) is 0 Å². The Bertz CT molecular complexity index is 4920. The van der Waals surface area contributed by atoms with Gasteiger partial charge in [-0.1, -0.05) is 182 Å². The minimum Gasteiger partial charge on any atom is -0.308 e. The van der Waals surface area contributed by atoms with E-state index in [0.29, 0.717) is 17.5 Å². The molecule has 0 aliphatic rings. The monoisotopic (exact) mass is 1000 g/mol. The molecular formula is C69H41N5S2. The van der Waals surface area contributed by atoms with Gasteiger partial charge in [0.2, 0.25) is 0 Å². The van der Waals surface area contributed by atoms with Crippen molar-refractivity contribution in [2.75, 3.05) is 0 Å². The van der Waals surface area contributed by atoms with Crippen LogP contribution in [0, 0.1) is 0 Å². The third-order valence-electron chi connectivity index (χ3n) is 15.2. The Hall–Kier alpha value is -9.53. The van der Waals surface area contributed by atoms with E-state index in [1.165, 1.54) is 84.0 Å². The molecule has 11 aromatic carbocycles. The van der Waals surface area contributed by atoms with Crippen LogP contribution in [0.25, 0.3) is 152 Å². The third-order valence-corrected chi connectivity index (χ3v) is 17.6. The van der Waals surface area contributed by atoms with Crippen LogP contribution in [0.5, 0.6) is 0 Å². The van der Waals surface area contributed by atoms with Crippen molar-refractivity contribution in [2.45, 2.75) is 0 Å². The van der Waals surface area contributed by atoms with E-state index in [1.807, 2.05) is 59.1 Å². The predicted octanol–water partition coefficient (Wildman–Crippen LogP) is 19.1. The number of rotatable bonds is 7. The Kier molecular flexibility index (Phi) is 9.61. The fourth-order valence-electron chi connectivity index (χ4n) is 11.7. The summed E-state index contributed by atoms with van der Waals surface area (Å²) in [5.41, 5.74) is 14.4. The lowest BCUT2D eigenvalue weighted by atomic mass is 9.93. The van der Waals surface area contributed by atoms with Crippen molar-refractivity contribution in [1.29, 1.82) is 0 Å². The van der Waals surface area contributed by atoms with Crippen LogP contribution in [0.4, 0.5) is 0 Å². The van der Waals surface area contributed by atoms with Gasteiger partial charge in [-0.25, -0.2) is 15.0 Å². The lowest BCUT2D eigenvalue weighted by Crippen LogP contribution is -2.01. The Morgan fingerprint density at radius 2 is 0.671 bits per heavy atom. The number of para-hydroxylation sites is 4. The maximum absolute atomic E-state index is 5.36. The molecule has 5 aromatic heterocycles. The highest BCUT2D eigenvalue weighted by Gasteiger charge is 2.22. The van der Waals surface area contributed by atoms with Crippen LogP contribution in [-0.4, -0.2) is 24.1 Å². The Labute approximate surface area is 444 Å². The molecule has 7 heteroatoms. The molecule has 16 aromatic rings. The van der Waals surface area contributed by atoms with Crippen molar-refractivity contribution in [3.8, 4) is 67.8 Å². The van der Waals surface area contributed by atoms with E-state index in [4.69, 9.17) is 15.0 Å². The molecule has 0 amide bonds. The predicted molar refractivity (Wildman–Crippen MR) is 321 cm³/mol. The molecule has 0 aliphatic heterocycles. The Morgan fingerprint density at radius 1 is 0.263 bits per heavy atom. The van der Waals surface area contributed by atoms with Crippen LogP contribution >= 0.6 is 22.7 Å². The number of nitrogens with zero attached hydrogens (tertiary/aromatic N) is 5. The Morgan fingerprint density at radius 3 is 1.20 bits per heavy atom. The molecule has 0 unspecified atom stereocenters. The summed E-state index contributed by atoms with van der Waals surface area (Å²) in [4.78, 5) is 15.8. The molecular weight excluding hydrogens is 963 g/mol. The Balaban J connectivity index is 0.912. The van der Waals surface area contributed by atoms with E-state index in [0.717, 1.165) is 50.3 Å². The van der Waals surface area contributed by atoms with Crippen molar-refractivity contribution < 1.29 is 0 Å². The number of aromatic nitrogens is 5. The SMILES string of the molecule is c1ccc(-c2nc(-c3ccccc3)nc(-c3cc(-c4ccc5sc6c(ccc7c8ccccc8n(-c8ccccc8)c76)c5c4)ccc3-c3ccc4sc5c(ccc6c7ccccc7n(-c7ccccc7)c65)c4c3)n2)cc1. The summed E-state index contributed by atoms with van der Waals surface area (Å²) in [6, 6.07) is 89.6. The first-order valence-electron chi connectivity index (χ1n) is 25.6. The highest BCUT2D eigenvalue weighted by molar-refractivity contribution is 7.27. The average Bonchev–Trinajstić information content (AvgIpc) is 4.45. The lowest BCUT2D eigenvalue weighted by molar-refractivity contribution is 1.07. The summed E-state index contributed by atoms with van der Waals surface area (Å²) in [6.07, 6.45) is 0. The number of hydrogen-bond acceptors (Lipinski definition) is 5. The van der Waals surface area contributed by atoms with E-state index in [2.05, 4.69) is 221 Å². The molecule has 0 saturated carbocycles. The van der Waals surface area contributed by atoms with Crippen LogP contribution < -0.4 is 0 Å². The molecule has 16 rings (SSSR count). The molecule has 0 spiro atoms. The standard InChI is InChI=1S/C69H41N5S2/c1-5-17-42(18-6-1)67-70-68(43-19-7-2-8-20-43)72-69(71-67)58-40-44(45-30-37-61-56(39-45)54-35-33-52-50-25-13-15-27-59(50)73(63(52)65(54)75-61)47-21-9-3-10-22-47)29-32-49(58)46-31-38-62-57(41-46)55-36-34-53-51-26-14-16-28-60(51)74(64(53)66(55)76-62)48-23-11-4-12-24-48/h1-41H. The zero-order chi connectivity index (χ0) is 49.8. The minimum atomic E-state index is 0.618. The van der Waals surface area contributed by atoms with E-state index < -0.39 is 0 Å². The van der Waals surface area contributed by atoms with Crippen LogP contribution in [0.3, 0.4) is 0 Å². The second kappa shape index (κ2) is 17.0. The van der Waals surface area contributed by atoms with Crippen molar-refractivity contribution in [3.63, 3.8) is 0 Å². The van der Waals surface area contributed by atoms with Crippen LogP contribution in [0.15, 0.2) is 249 Å². The number of hydrogen-bond donors (Lipinski definition) is 0. The number of thiophene rings is 2. The first kappa shape index (κ1) is 42.9. The smallest absolute Gasteiger partial charge is 0.164 e. The number of benzene rings is 11. The summed E-state index contributed by atoms with van der Waals surface area (Å²) >= 11 is 3.74. The van der Waals surface area contributed by atoms with E-state index in [9.17, 15) is 0 Å². The first-order valence-corrected chi connectivity index (χ1v) is 27.2. The summed E-state index contributed by atoms with van der Waals surface area (Å²) in [7, 11) is 0. The van der Waals surface area contributed by atoms with Gasteiger partial charge in [-0.2, -0.15) is 0 Å². The topological polar surface area (TPSA) is 48.5 Å². The van der Waals surface area contributed by atoms with Crippen LogP contribution in [0.1, 0.15) is 0 Å². The van der Waals surface area contributed by atoms with Gasteiger partial charge in [-0.15, -0.1) is 22.7 Å². The van der Waals surface area contributed by atoms with Crippen LogP contribution in [-0.2, 0) is 0 Å². The van der Waals surface area contributed by atoms with E-state index in [-0.39, 0.29) is 0 Å². The summed E-state index contributed by atoms with van der Waals surface area (Å²) in [5, 5.41) is 9.98. The second-order valence-corrected chi connectivity index (χ2v) is 21.6. The lowest BCUT2D eigenvalue weighted by Gasteiger charge is -2.14. The highest BCUT2D eigenvalue weighted by Crippen LogP contribution is 2.47. The fraction of sp³-hybridized carbons (Fsp3) is 0. The van der Waals surface area contributed by atoms with Gasteiger partial charge >= 0.3 is 0 Å². The molecule has 0 radical (unpaired) electrons. The van der Waals surface area contributed by atoms with Gasteiger partial charge in [0, 0.05) is 80.6 Å². The quantitative estimate of drug-likeness (QED) is 0.160. The maximum Gasteiger partial charge on any atom is 0.164 e. The molecule has 0 saturated heterocycles. The van der Waals surface area contributed by atoms with Crippen molar-refractivity contribution >= 4 is 107 Å². The molecule has 0 bridgehead atoms. The molecule has 0 fully saturated rings. The van der Waals surface area contributed by atoms with Crippen molar-refractivity contribution in [3.05, 3.63) is 249 Å². The summed E-state index contributed by atoms with van der Waals surface area (Å²) < 4.78 is 9.94. The molecule has 76 heavy (non-hydrogen) atoms. The largest absolute Gasteiger partial charge is 0.308 e. The molecule has 0 N–H and O–H groups in total. The highest BCUT2D eigenvalue weighted by atomic mass is 32.1. The van der Waals surface area contributed by atoms with Gasteiger partial charge in [0.05, 0.1) is 31.5 Å². The van der Waals surface area contributed by atoms with Gasteiger partial charge in [0.25, 0.3) is 0 Å². The van der Waals surface area contributed by atoms with Crippen molar-refractivity contribution in [2.24, 2.45) is 0 Å². The summed E-state index contributed by atoms with van der Waals surface area (Å²) in [6.45, 7) is 0. The normalized spacial score (nSPS) is 11.9. The zero-order valence-electron chi connectivity index (χ0n) is 40.7. The molecule has 5 heterocycles. The second-order valence-electron chi connectivity index (χ2n) is 19.5. The molecule has 354 valence electrons. The average molecular weight is 1000 g/mol. The molecule has 0 aliphatic carbocycles. The van der Waals surface area contributed by atoms with Crippen molar-refractivity contribution in [1.82, 2.24) is 24.1 Å². The fourth-order valence-corrected chi connectivity index (χ4v) is 14.1. The first-order chi connectivity index (χ1) is 37.7. The minimum absolute atomic E-state index is 0.618. The van der Waals surface area contributed by atoms with E-state index >= 15 is 0 Å². The van der Waals surface area contributed by atoms with Gasteiger partial charge in [0.1, 0.15) is 0 Å². The maximum atomic E-state index is 5.36. The van der Waals surface area contributed by atoms with Gasteiger partial charge < -0.3 is 9.13 Å². The molecule has 5 nitrogen and oxygen atoms in total. The molecule has 0 atom stereocenters. The van der Waals surface area contributed by atoms with Gasteiger partial charge in [-0.3, -0.25) is 0 Å². The third kappa shape index (κ3) is 6.66. The zero-order valence-corrected chi connectivity index (χ0v) is 42.4. The number of fused-ring (bicyclic) bond motifs is 14. The van der Waals surface area contributed by atoms with Crippen LogP contribution in [0.2, 0.25) is 0 Å². The van der Waals surface area contributed by atoms with Gasteiger partial charge in [-0.05, 0) is 89.0 Å². The summed E-state index contributed by atoms with van der Waals surface area (Å²) in [5.74, 6) is 1.87. The van der Waals surface area contributed by atoms with Gasteiger partial charge in [0.15, 0.2) is 17.5 Å².